The quantitative estimate of drug-likeness (QED) is 0.255. The standard InChI is InChI=1S/C22H25FN6O/c1-4-6-9-18(25-14-26-20(8-5-2)16(3)23)10-7-11-19-17(13-30)12-29-21(19)22(24)27-15-28-29/h5,7-10,12-13,15,25-26H,11,14H2,1-3H3,(H2,24,27,28)/b8-5-,10-7-,18-9+,20-16-. The van der Waals surface area contributed by atoms with Crippen molar-refractivity contribution in [1.29, 1.82) is 0 Å². The summed E-state index contributed by atoms with van der Waals surface area (Å²) in [6.07, 6.45) is 13.0. The Morgan fingerprint density at radius 3 is 2.83 bits per heavy atom. The lowest BCUT2D eigenvalue weighted by atomic mass is 10.1. The van der Waals surface area contributed by atoms with E-state index in [1.165, 1.54) is 13.3 Å². The van der Waals surface area contributed by atoms with E-state index in [9.17, 15) is 9.18 Å². The molecule has 0 spiro atoms. The molecule has 2 aromatic heterocycles. The predicted molar refractivity (Wildman–Crippen MR) is 117 cm³/mol. The molecule has 0 atom stereocenters. The number of hydrogen-bond acceptors (Lipinski definition) is 6. The Morgan fingerprint density at radius 1 is 1.37 bits per heavy atom. The lowest BCUT2D eigenvalue weighted by Gasteiger charge is -2.11. The number of rotatable bonds is 9. The SMILES string of the molecule is CC#C/C=C(\C=C/Cc1c(C=O)cn2ncnc(N)c12)NCNC(/C=C\C)=C(/C)F. The minimum atomic E-state index is -0.300. The van der Waals surface area contributed by atoms with E-state index in [4.69, 9.17) is 5.73 Å². The van der Waals surface area contributed by atoms with Gasteiger partial charge in [0.05, 0.1) is 12.4 Å². The van der Waals surface area contributed by atoms with Gasteiger partial charge in [0, 0.05) is 23.5 Å². The molecule has 0 bridgehead atoms. The first kappa shape index (κ1) is 22.4. The summed E-state index contributed by atoms with van der Waals surface area (Å²) < 4.78 is 15.1. The van der Waals surface area contributed by atoms with Crippen LogP contribution in [-0.2, 0) is 6.42 Å². The number of nitrogen functional groups attached to an aromatic ring is 1. The number of halogens is 1. The van der Waals surface area contributed by atoms with Gasteiger partial charge in [-0.15, -0.1) is 5.92 Å². The van der Waals surface area contributed by atoms with Gasteiger partial charge in [0.15, 0.2) is 12.1 Å². The molecule has 0 radical (unpaired) electrons. The van der Waals surface area contributed by atoms with Gasteiger partial charge in [-0.3, -0.25) is 4.79 Å². The largest absolute Gasteiger partial charge is 0.382 e. The molecular formula is C22H25FN6O. The van der Waals surface area contributed by atoms with Crippen LogP contribution in [0.5, 0.6) is 0 Å². The van der Waals surface area contributed by atoms with Crippen LogP contribution >= 0.6 is 0 Å². The Labute approximate surface area is 175 Å². The molecule has 8 heteroatoms. The lowest BCUT2D eigenvalue weighted by Crippen LogP contribution is -2.27. The van der Waals surface area contributed by atoms with E-state index in [2.05, 4.69) is 32.6 Å². The third-order valence-corrected chi connectivity index (χ3v) is 4.13. The van der Waals surface area contributed by atoms with Crippen LogP contribution in [0.2, 0.25) is 0 Å². The van der Waals surface area contributed by atoms with Crippen molar-refractivity contribution < 1.29 is 9.18 Å². The highest BCUT2D eigenvalue weighted by atomic mass is 19.1. The van der Waals surface area contributed by atoms with E-state index in [0.29, 0.717) is 35.7 Å². The molecule has 30 heavy (non-hydrogen) atoms. The zero-order valence-electron chi connectivity index (χ0n) is 17.2. The smallest absolute Gasteiger partial charge is 0.151 e. The van der Waals surface area contributed by atoms with E-state index >= 15 is 0 Å². The third-order valence-electron chi connectivity index (χ3n) is 4.13. The zero-order valence-corrected chi connectivity index (χ0v) is 17.2. The summed E-state index contributed by atoms with van der Waals surface area (Å²) in [6.45, 7) is 5.25. The second-order valence-electron chi connectivity index (χ2n) is 6.20. The van der Waals surface area contributed by atoms with Gasteiger partial charge in [0.25, 0.3) is 0 Å². The fourth-order valence-corrected chi connectivity index (χ4v) is 2.75. The molecule has 0 aliphatic rings. The molecule has 0 unspecified atom stereocenters. The van der Waals surface area contributed by atoms with Crippen molar-refractivity contribution in [3.05, 3.63) is 71.3 Å². The molecule has 0 aromatic carbocycles. The number of nitrogens with one attached hydrogen (secondary N) is 2. The van der Waals surface area contributed by atoms with Crippen LogP contribution in [0.3, 0.4) is 0 Å². The normalized spacial score (nSPS) is 12.7. The summed E-state index contributed by atoms with van der Waals surface area (Å²) in [4.78, 5) is 15.4. The maximum absolute atomic E-state index is 13.5. The first-order chi connectivity index (χ1) is 14.5. The lowest BCUT2D eigenvalue weighted by molar-refractivity contribution is 0.112. The Morgan fingerprint density at radius 2 is 2.17 bits per heavy atom. The van der Waals surface area contributed by atoms with Crippen molar-refractivity contribution in [2.75, 3.05) is 12.4 Å². The number of nitrogens with zero attached hydrogens (tertiary/aromatic N) is 3. The van der Waals surface area contributed by atoms with E-state index in [0.717, 1.165) is 17.5 Å². The van der Waals surface area contributed by atoms with Crippen LogP contribution in [-0.4, -0.2) is 27.6 Å². The third kappa shape index (κ3) is 5.82. The summed E-state index contributed by atoms with van der Waals surface area (Å²) in [5.74, 6) is 5.70. The van der Waals surface area contributed by atoms with Gasteiger partial charge < -0.3 is 16.4 Å². The van der Waals surface area contributed by atoms with E-state index in [1.807, 2.05) is 19.1 Å². The summed E-state index contributed by atoms with van der Waals surface area (Å²) in [5, 5.41) is 10.2. The molecule has 0 aliphatic heterocycles. The number of aldehydes is 1. The van der Waals surface area contributed by atoms with Gasteiger partial charge in [-0.25, -0.2) is 13.9 Å². The average Bonchev–Trinajstić information content (AvgIpc) is 3.09. The monoisotopic (exact) mass is 408 g/mol. The number of carbonyl (C=O) groups excluding carboxylic acids is 1. The number of anilines is 1. The minimum Gasteiger partial charge on any atom is -0.382 e. The second-order valence-corrected chi connectivity index (χ2v) is 6.20. The minimum absolute atomic E-state index is 0.300. The maximum atomic E-state index is 13.5. The van der Waals surface area contributed by atoms with E-state index in [1.54, 1.807) is 35.9 Å². The number of aromatic nitrogens is 3. The first-order valence-electron chi connectivity index (χ1n) is 9.33. The molecule has 2 aromatic rings. The molecule has 4 N–H and O–H groups in total. The molecule has 0 amide bonds. The topological polar surface area (TPSA) is 97.3 Å². The van der Waals surface area contributed by atoms with Gasteiger partial charge in [-0.1, -0.05) is 18.1 Å². The highest BCUT2D eigenvalue weighted by Gasteiger charge is 2.13. The summed E-state index contributed by atoms with van der Waals surface area (Å²) in [7, 11) is 0. The predicted octanol–water partition coefficient (Wildman–Crippen LogP) is 3.04. The van der Waals surface area contributed by atoms with Crippen LogP contribution < -0.4 is 16.4 Å². The fourth-order valence-electron chi connectivity index (χ4n) is 2.75. The number of hydrogen-bond donors (Lipinski definition) is 3. The number of nitrogens with two attached hydrogens (primary N) is 1. The highest BCUT2D eigenvalue weighted by Crippen LogP contribution is 2.21. The Balaban J connectivity index is 2.16. The van der Waals surface area contributed by atoms with Gasteiger partial charge in [-0.05, 0) is 44.9 Å². The van der Waals surface area contributed by atoms with Crippen LogP contribution in [0.1, 0.15) is 36.7 Å². The zero-order chi connectivity index (χ0) is 21.9. The van der Waals surface area contributed by atoms with Crippen molar-refractivity contribution in [3.63, 3.8) is 0 Å². The molecule has 7 nitrogen and oxygen atoms in total. The molecule has 2 rings (SSSR count). The van der Waals surface area contributed by atoms with Gasteiger partial charge in [0.2, 0.25) is 0 Å². The van der Waals surface area contributed by atoms with Gasteiger partial charge >= 0.3 is 0 Å². The first-order valence-corrected chi connectivity index (χ1v) is 9.33. The molecule has 0 saturated heterocycles. The fraction of sp³-hybridized carbons (Fsp3) is 0.227. The highest BCUT2D eigenvalue weighted by molar-refractivity contribution is 5.85. The summed E-state index contributed by atoms with van der Waals surface area (Å²) in [6, 6.07) is 0. The molecule has 2 heterocycles. The Hall–Kier alpha value is -3.86. The molecule has 0 saturated carbocycles. The molecule has 156 valence electrons. The van der Waals surface area contributed by atoms with Crippen molar-refractivity contribution in [3.8, 4) is 11.8 Å². The van der Waals surface area contributed by atoms with Crippen LogP contribution in [0.15, 0.2) is 60.1 Å². The van der Waals surface area contributed by atoms with Gasteiger partial charge in [-0.2, -0.15) is 5.10 Å². The summed E-state index contributed by atoms with van der Waals surface area (Å²) >= 11 is 0. The van der Waals surface area contributed by atoms with Crippen molar-refractivity contribution in [2.24, 2.45) is 0 Å². The Bertz CT molecular complexity index is 1080. The van der Waals surface area contributed by atoms with E-state index in [-0.39, 0.29) is 5.83 Å². The molecule has 0 fully saturated rings. The van der Waals surface area contributed by atoms with Gasteiger partial charge in [0.1, 0.15) is 17.7 Å². The maximum Gasteiger partial charge on any atom is 0.151 e. The van der Waals surface area contributed by atoms with Crippen LogP contribution in [0.4, 0.5) is 10.2 Å². The van der Waals surface area contributed by atoms with Crippen molar-refractivity contribution >= 4 is 17.6 Å². The van der Waals surface area contributed by atoms with E-state index < -0.39 is 0 Å². The number of allylic oxidation sites excluding steroid dienone is 6. The number of carbonyl (C=O) groups is 1. The summed E-state index contributed by atoms with van der Waals surface area (Å²) in [5.41, 5.74) is 8.95. The van der Waals surface area contributed by atoms with Crippen molar-refractivity contribution in [1.82, 2.24) is 25.2 Å². The van der Waals surface area contributed by atoms with Crippen molar-refractivity contribution in [2.45, 2.75) is 27.2 Å². The van der Waals surface area contributed by atoms with Crippen LogP contribution in [0.25, 0.3) is 5.52 Å². The average molecular weight is 408 g/mol. The number of fused-ring (bicyclic) bond motifs is 1. The van der Waals surface area contributed by atoms with Crippen LogP contribution in [0, 0.1) is 11.8 Å². The molecule has 0 aliphatic carbocycles. The Kier molecular flexibility index (Phi) is 8.39. The second kappa shape index (κ2) is 11.2. The molecular weight excluding hydrogens is 383 g/mol.